The predicted molar refractivity (Wildman–Crippen MR) is 177 cm³/mol. The number of halogens is 3. The molecule has 0 unspecified atom stereocenters. The summed E-state index contributed by atoms with van der Waals surface area (Å²) in [5, 5.41) is 10.3. The summed E-state index contributed by atoms with van der Waals surface area (Å²) in [6.45, 7) is 10.1. The summed E-state index contributed by atoms with van der Waals surface area (Å²) in [5.74, 6) is -1.76. The van der Waals surface area contributed by atoms with Gasteiger partial charge < -0.3 is 19.5 Å². The Bertz CT molecular complexity index is 1520. The van der Waals surface area contributed by atoms with E-state index in [0.29, 0.717) is 49.4 Å². The topological polar surface area (TPSA) is 105 Å². The number of carboxylic acid groups (broad SMARTS) is 1. The van der Waals surface area contributed by atoms with Gasteiger partial charge in [-0.05, 0) is 71.2 Å². The van der Waals surface area contributed by atoms with Gasteiger partial charge in [-0.3, -0.25) is 14.8 Å². The van der Waals surface area contributed by atoms with Gasteiger partial charge in [-0.1, -0.05) is 37.5 Å². The summed E-state index contributed by atoms with van der Waals surface area (Å²) < 4.78 is 41.8. The fourth-order valence-corrected chi connectivity index (χ4v) is 8.27. The molecule has 0 spiro atoms. The van der Waals surface area contributed by atoms with Crippen LogP contribution in [-0.2, 0) is 19.8 Å². The van der Waals surface area contributed by atoms with E-state index in [4.69, 9.17) is 14.5 Å². The Morgan fingerprint density at radius 2 is 2.00 bits per heavy atom. The number of benzene rings is 1. The first-order chi connectivity index (χ1) is 21.2. The number of fused-ring (bicyclic) bond motifs is 1. The van der Waals surface area contributed by atoms with Crippen molar-refractivity contribution in [3.63, 3.8) is 0 Å². The maximum Gasteiger partial charge on any atom is 0.415 e. The number of hydrogen-bond donors (Lipinski definition) is 1. The summed E-state index contributed by atoms with van der Waals surface area (Å²) in [7, 11) is -1.43. The van der Waals surface area contributed by atoms with Crippen molar-refractivity contribution in [3.8, 4) is 0 Å². The van der Waals surface area contributed by atoms with Crippen LogP contribution in [0, 0.1) is 11.7 Å². The molecule has 2 aromatic rings. The molecule has 3 atom stereocenters. The molecule has 1 N–H and O–H groups in total. The number of aliphatic imine (C=N–C) groups is 1. The Balaban J connectivity index is 1.53. The molecule has 1 saturated heterocycles. The summed E-state index contributed by atoms with van der Waals surface area (Å²) in [6.07, 6.45) is 1.83. The largest absolute Gasteiger partial charge is 0.465 e. The molecule has 9 nitrogen and oxygen atoms in total. The Labute approximate surface area is 275 Å². The molecule has 14 heteroatoms. The number of thioether (sulfide) groups is 1. The van der Waals surface area contributed by atoms with Gasteiger partial charge in [0.15, 0.2) is 5.17 Å². The lowest BCUT2D eigenvalue weighted by molar-refractivity contribution is -0.135. The third-order valence-corrected chi connectivity index (χ3v) is 12.0. The number of ether oxygens (including phenoxy) is 2. The minimum absolute atomic E-state index is 0.0685. The van der Waals surface area contributed by atoms with E-state index in [1.165, 1.54) is 36.5 Å². The molecule has 0 bridgehead atoms. The number of morpholine rings is 1. The predicted octanol–water partition coefficient (Wildman–Crippen LogP) is 6.68. The van der Waals surface area contributed by atoms with Crippen LogP contribution in [0.3, 0.4) is 0 Å². The number of amides is 2. The van der Waals surface area contributed by atoms with Crippen molar-refractivity contribution in [2.24, 2.45) is 10.9 Å². The lowest BCUT2D eigenvalue weighted by atomic mass is 9.84. The van der Waals surface area contributed by atoms with Crippen molar-refractivity contribution in [2.75, 3.05) is 39.6 Å². The van der Waals surface area contributed by atoms with Crippen LogP contribution in [0.2, 0.25) is 25.7 Å². The van der Waals surface area contributed by atoms with Crippen LogP contribution in [0.1, 0.15) is 30.2 Å². The number of carbonyl (C=O) groups is 2. The van der Waals surface area contributed by atoms with E-state index in [1.54, 1.807) is 17.9 Å². The lowest BCUT2D eigenvalue weighted by Gasteiger charge is -2.39. The molecule has 45 heavy (non-hydrogen) atoms. The molecule has 0 radical (unpaired) electrons. The minimum Gasteiger partial charge on any atom is -0.465 e. The smallest absolute Gasteiger partial charge is 0.415 e. The summed E-state index contributed by atoms with van der Waals surface area (Å²) in [4.78, 5) is 38.3. The van der Waals surface area contributed by atoms with E-state index in [0.717, 1.165) is 22.7 Å². The monoisotopic (exact) mass is 722 g/mol. The van der Waals surface area contributed by atoms with Crippen molar-refractivity contribution in [2.45, 2.75) is 49.3 Å². The van der Waals surface area contributed by atoms with Gasteiger partial charge in [0.1, 0.15) is 23.1 Å². The van der Waals surface area contributed by atoms with Crippen LogP contribution in [0.4, 0.5) is 13.6 Å². The van der Waals surface area contributed by atoms with E-state index in [1.807, 2.05) is 0 Å². The molecule has 1 aliphatic carbocycles. The Morgan fingerprint density at radius 1 is 1.27 bits per heavy atom. The van der Waals surface area contributed by atoms with Gasteiger partial charge in [0.05, 0.1) is 24.4 Å². The van der Waals surface area contributed by atoms with Crippen LogP contribution in [-0.4, -0.2) is 89.5 Å². The van der Waals surface area contributed by atoms with Crippen LogP contribution >= 0.6 is 27.7 Å². The fraction of sp³-hybridized carbons (Fsp3) is 0.484. The highest BCUT2D eigenvalue weighted by atomic mass is 79.9. The van der Waals surface area contributed by atoms with Gasteiger partial charge in [0.25, 0.3) is 0 Å². The molecule has 2 fully saturated rings. The van der Waals surface area contributed by atoms with Gasteiger partial charge in [0, 0.05) is 49.9 Å². The summed E-state index contributed by atoms with van der Waals surface area (Å²) in [6, 6.07) is 8.26. The van der Waals surface area contributed by atoms with Gasteiger partial charge in [0.2, 0.25) is 5.91 Å². The zero-order valence-corrected chi connectivity index (χ0v) is 29.1. The van der Waals surface area contributed by atoms with Crippen molar-refractivity contribution >= 4 is 64.8 Å². The number of aromatic nitrogens is 1. The maximum atomic E-state index is 15.8. The number of nitrogens with zero attached hydrogens (tertiary/aromatic N) is 4. The second-order valence-corrected chi connectivity index (χ2v) is 20.7. The third kappa shape index (κ3) is 7.35. The first-order valence-corrected chi connectivity index (χ1v) is 20.1. The van der Waals surface area contributed by atoms with E-state index in [-0.39, 0.29) is 29.1 Å². The number of hydrogen-bond acceptors (Lipinski definition) is 7. The summed E-state index contributed by atoms with van der Waals surface area (Å²) >= 11 is 4.40. The molecular formula is C31H37BrF2N4O5SSi. The first kappa shape index (κ1) is 33.7. The van der Waals surface area contributed by atoms with E-state index >= 15 is 8.78 Å². The molecule has 3 heterocycles. The third-order valence-electron chi connectivity index (χ3n) is 8.33. The molecule has 2 amide bonds. The highest BCUT2D eigenvalue weighted by molar-refractivity contribution is 9.10. The zero-order valence-electron chi connectivity index (χ0n) is 25.7. The van der Waals surface area contributed by atoms with Crippen molar-refractivity contribution in [1.29, 1.82) is 0 Å². The number of pyridine rings is 1. The Hall–Kier alpha value is -2.65. The number of amidine groups is 1. The quantitative estimate of drug-likeness (QED) is 0.175. The molecule has 1 aromatic carbocycles. The number of rotatable bonds is 9. The van der Waals surface area contributed by atoms with Crippen LogP contribution < -0.4 is 0 Å². The molecule has 1 saturated carbocycles. The molecule has 2 aliphatic heterocycles. The van der Waals surface area contributed by atoms with Crippen molar-refractivity contribution in [1.82, 2.24) is 14.8 Å². The fourth-order valence-electron chi connectivity index (χ4n) is 5.63. The molecule has 1 aromatic heterocycles. The average molecular weight is 724 g/mol. The second-order valence-electron chi connectivity index (χ2n) is 12.8. The molecule has 5 rings (SSSR count). The van der Waals surface area contributed by atoms with Crippen LogP contribution in [0.25, 0.3) is 11.9 Å². The molecule has 3 aliphatic rings. The Kier molecular flexibility index (Phi) is 9.90. The van der Waals surface area contributed by atoms with E-state index in [2.05, 4.69) is 40.6 Å². The van der Waals surface area contributed by atoms with Gasteiger partial charge in [-0.15, -0.1) is 0 Å². The minimum atomic E-state index is -1.43. The van der Waals surface area contributed by atoms with Gasteiger partial charge >= 0.3 is 6.09 Å². The first-order valence-electron chi connectivity index (χ1n) is 14.8. The second kappa shape index (κ2) is 13.2. The number of carbonyl (C=O) groups excluding carboxylic acids is 1. The van der Waals surface area contributed by atoms with Gasteiger partial charge in [-0.25, -0.2) is 18.5 Å². The standard InChI is InChI=1S/C31H37BrF2N4O5SSi/c1-30(22-15-20(5-7-23(22)33)16-24(34)25-8-6-21(32)18-35-25)26-17-31(26,27(39)37-9-11-42-12-10-37)44-28(36-30)38(29(40)41)19-43-13-14-45(2,3)4/h5-8,15-16,18,26H,9-14,17,19H2,1-4H3,(H,40,41)/b24-16-/t26-,30+,31-/m0/s1. The Morgan fingerprint density at radius 3 is 2.64 bits per heavy atom. The van der Waals surface area contributed by atoms with E-state index < -0.39 is 42.0 Å². The average Bonchev–Trinajstić information content (AvgIpc) is 3.75. The van der Waals surface area contributed by atoms with E-state index in [9.17, 15) is 14.7 Å². The van der Waals surface area contributed by atoms with Gasteiger partial charge in [-0.2, -0.15) is 0 Å². The van der Waals surface area contributed by atoms with Crippen LogP contribution in [0.15, 0.2) is 46.0 Å². The molecule has 242 valence electrons. The highest BCUT2D eigenvalue weighted by Crippen LogP contribution is 2.67. The van der Waals surface area contributed by atoms with Crippen molar-refractivity contribution in [3.05, 3.63) is 63.6 Å². The normalized spacial score (nSPS) is 25.0. The van der Waals surface area contributed by atoms with Crippen molar-refractivity contribution < 1.29 is 33.0 Å². The van der Waals surface area contributed by atoms with Crippen LogP contribution in [0.5, 0.6) is 0 Å². The maximum absolute atomic E-state index is 15.8. The SMILES string of the molecule is C[C@]1(c2cc(/C=C(\F)c3ccc(Br)cn3)ccc2F)N=C(N(COCC[Si](C)(C)C)C(=O)O)S[C@@]2(C(=O)N3CCOCC3)C[C@H]21. The lowest BCUT2D eigenvalue weighted by Crippen LogP contribution is -2.51. The molecular weight excluding hydrogens is 686 g/mol. The zero-order chi connectivity index (χ0) is 32.6. The summed E-state index contributed by atoms with van der Waals surface area (Å²) in [5.41, 5.74) is -0.680. The highest BCUT2D eigenvalue weighted by Gasteiger charge is 2.72.